The van der Waals surface area contributed by atoms with Crippen molar-refractivity contribution in [3.05, 3.63) is 23.7 Å². The Balaban J connectivity index is 0.00000120. The smallest absolute Gasteiger partial charge is 0.229 e. The van der Waals surface area contributed by atoms with Crippen LogP contribution in [0.1, 0.15) is 25.7 Å². The number of aromatic nitrogens is 1. The number of amides is 1. The van der Waals surface area contributed by atoms with Gasteiger partial charge in [0.25, 0.3) is 0 Å². The van der Waals surface area contributed by atoms with E-state index in [0.29, 0.717) is 11.8 Å². The van der Waals surface area contributed by atoms with Crippen molar-refractivity contribution in [2.24, 2.45) is 17.8 Å². The Hall–Kier alpha value is -0.870. The number of carbonyl (C=O) groups is 1. The first-order chi connectivity index (χ1) is 8.36. The van der Waals surface area contributed by atoms with Crippen molar-refractivity contribution >= 4 is 34.8 Å². The van der Waals surface area contributed by atoms with Crippen LogP contribution in [0.15, 0.2) is 23.7 Å². The van der Waals surface area contributed by atoms with E-state index in [4.69, 9.17) is 0 Å². The number of rotatable bonds is 2. The summed E-state index contributed by atoms with van der Waals surface area (Å²) in [4.78, 5) is 16.2. The third-order valence-electron chi connectivity index (χ3n) is 3.80. The van der Waals surface area contributed by atoms with Gasteiger partial charge in [-0.05, 0) is 37.5 Å². The third-order valence-corrected chi connectivity index (χ3v) is 4.49. The molecular weight excluding hydrogens is 268 g/mol. The number of thiazole rings is 1. The number of carbonyl (C=O) groups excluding carboxylic acids is 1. The Bertz CT molecular complexity index is 416. The number of fused-ring (bicyclic) bond motifs is 1. The molecular formula is C13H17ClN2OS. The lowest BCUT2D eigenvalue weighted by atomic mass is 10.1. The predicted octanol–water partition coefficient (Wildman–Crippen LogP) is 3.50. The number of nitrogens with zero attached hydrogens (tertiary/aromatic N) is 1. The summed E-state index contributed by atoms with van der Waals surface area (Å²) in [5, 5.41) is 5.54. The van der Waals surface area contributed by atoms with Gasteiger partial charge in [-0.15, -0.1) is 23.7 Å². The van der Waals surface area contributed by atoms with Gasteiger partial charge in [-0.1, -0.05) is 12.2 Å². The van der Waals surface area contributed by atoms with Gasteiger partial charge in [0.2, 0.25) is 5.91 Å². The molecule has 2 atom stereocenters. The highest BCUT2D eigenvalue weighted by molar-refractivity contribution is 7.13. The molecule has 0 aliphatic heterocycles. The summed E-state index contributed by atoms with van der Waals surface area (Å²) in [7, 11) is 0. The average molecular weight is 285 g/mol. The topological polar surface area (TPSA) is 42.0 Å². The van der Waals surface area contributed by atoms with Crippen molar-refractivity contribution in [2.75, 3.05) is 5.32 Å². The third kappa shape index (κ3) is 2.75. The highest BCUT2D eigenvalue weighted by Gasteiger charge is 2.53. The molecule has 3 nitrogen and oxygen atoms in total. The van der Waals surface area contributed by atoms with Crippen molar-refractivity contribution in [1.29, 1.82) is 0 Å². The molecule has 2 aliphatic rings. The summed E-state index contributed by atoms with van der Waals surface area (Å²) < 4.78 is 0. The Kier molecular flexibility index (Phi) is 4.40. The first-order valence-corrected chi connectivity index (χ1v) is 7.09. The Morgan fingerprint density at radius 2 is 1.94 bits per heavy atom. The van der Waals surface area contributed by atoms with Crippen LogP contribution >= 0.6 is 23.7 Å². The molecule has 1 N–H and O–H groups in total. The van der Waals surface area contributed by atoms with Crippen molar-refractivity contribution in [3.63, 3.8) is 0 Å². The Morgan fingerprint density at radius 1 is 1.28 bits per heavy atom. The monoisotopic (exact) mass is 284 g/mol. The molecule has 1 aromatic heterocycles. The maximum atomic E-state index is 12.1. The van der Waals surface area contributed by atoms with Crippen LogP contribution in [-0.4, -0.2) is 10.9 Å². The molecule has 1 heterocycles. The zero-order valence-corrected chi connectivity index (χ0v) is 11.7. The van der Waals surface area contributed by atoms with Gasteiger partial charge in [0, 0.05) is 17.5 Å². The van der Waals surface area contributed by atoms with Gasteiger partial charge >= 0.3 is 0 Å². The van der Waals surface area contributed by atoms with E-state index in [-0.39, 0.29) is 24.2 Å². The average Bonchev–Trinajstić information content (AvgIpc) is 2.72. The molecule has 0 bridgehead atoms. The van der Waals surface area contributed by atoms with Gasteiger partial charge in [-0.2, -0.15) is 0 Å². The standard InChI is InChI=1S/C13H16N2OS.ClH/c16-12(15-13-14-7-8-17-13)11-9-5-3-1-2-4-6-10(9)11;/h1-2,7-11H,3-6H2,(H,14,15,16);1H. The molecule has 2 aliphatic carbocycles. The summed E-state index contributed by atoms with van der Waals surface area (Å²) in [5.74, 6) is 1.63. The number of hydrogen-bond acceptors (Lipinski definition) is 3. The first kappa shape index (κ1) is 13.6. The molecule has 3 rings (SSSR count). The molecule has 98 valence electrons. The summed E-state index contributed by atoms with van der Waals surface area (Å²) in [5.41, 5.74) is 0. The highest BCUT2D eigenvalue weighted by Crippen LogP contribution is 2.53. The van der Waals surface area contributed by atoms with Crippen molar-refractivity contribution in [3.8, 4) is 0 Å². The molecule has 1 saturated carbocycles. The van der Waals surface area contributed by atoms with E-state index in [1.54, 1.807) is 6.20 Å². The minimum atomic E-state index is 0. The minimum Gasteiger partial charge on any atom is -0.302 e. The number of hydrogen-bond donors (Lipinski definition) is 1. The molecule has 0 radical (unpaired) electrons. The Labute approximate surface area is 117 Å². The van der Waals surface area contributed by atoms with E-state index in [1.165, 1.54) is 11.3 Å². The van der Waals surface area contributed by atoms with Crippen molar-refractivity contribution in [2.45, 2.75) is 25.7 Å². The molecule has 2 unspecified atom stereocenters. The molecule has 0 aromatic carbocycles. The lowest BCUT2D eigenvalue weighted by molar-refractivity contribution is -0.117. The Morgan fingerprint density at radius 3 is 2.50 bits per heavy atom. The summed E-state index contributed by atoms with van der Waals surface area (Å²) in [6.07, 6.45) is 10.8. The zero-order chi connectivity index (χ0) is 11.7. The summed E-state index contributed by atoms with van der Waals surface area (Å²) in [6, 6.07) is 0. The van der Waals surface area contributed by atoms with Crippen LogP contribution in [0.5, 0.6) is 0 Å². The van der Waals surface area contributed by atoms with Crippen LogP contribution in [0.3, 0.4) is 0 Å². The van der Waals surface area contributed by atoms with Crippen LogP contribution in [-0.2, 0) is 4.79 Å². The van der Waals surface area contributed by atoms with Gasteiger partial charge in [0.15, 0.2) is 5.13 Å². The van der Waals surface area contributed by atoms with E-state index in [1.807, 2.05) is 5.38 Å². The second kappa shape index (κ2) is 5.85. The van der Waals surface area contributed by atoms with Gasteiger partial charge in [0.1, 0.15) is 0 Å². The molecule has 1 aromatic rings. The molecule has 1 amide bonds. The van der Waals surface area contributed by atoms with Gasteiger partial charge in [0.05, 0.1) is 0 Å². The fourth-order valence-corrected chi connectivity index (χ4v) is 3.44. The lowest BCUT2D eigenvalue weighted by Crippen LogP contribution is -2.15. The van der Waals surface area contributed by atoms with Crippen LogP contribution in [0, 0.1) is 17.8 Å². The van der Waals surface area contributed by atoms with E-state index >= 15 is 0 Å². The second-order valence-corrected chi connectivity index (χ2v) is 5.70. The fourth-order valence-electron chi connectivity index (χ4n) is 2.91. The lowest BCUT2D eigenvalue weighted by Gasteiger charge is -1.99. The molecule has 5 heteroatoms. The zero-order valence-electron chi connectivity index (χ0n) is 10.0. The minimum absolute atomic E-state index is 0. The summed E-state index contributed by atoms with van der Waals surface area (Å²) in [6.45, 7) is 0. The van der Waals surface area contributed by atoms with Crippen molar-refractivity contribution in [1.82, 2.24) is 4.98 Å². The number of anilines is 1. The normalized spacial score (nSPS) is 29.4. The van der Waals surface area contributed by atoms with Gasteiger partial charge in [-0.25, -0.2) is 4.98 Å². The van der Waals surface area contributed by atoms with E-state index < -0.39 is 0 Å². The van der Waals surface area contributed by atoms with E-state index in [2.05, 4.69) is 22.5 Å². The largest absolute Gasteiger partial charge is 0.302 e. The van der Waals surface area contributed by atoms with E-state index in [9.17, 15) is 4.79 Å². The summed E-state index contributed by atoms with van der Waals surface area (Å²) >= 11 is 1.48. The molecule has 1 fully saturated rings. The van der Waals surface area contributed by atoms with E-state index in [0.717, 1.165) is 30.8 Å². The predicted molar refractivity (Wildman–Crippen MR) is 76.1 cm³/mol. The SMILES string of the molecule is Cl.O=C(Nc1nccs1)C1C2CCC=CCCC21. The maximum Gasteiger partial charge on any atom is 0.229 e. The molecule has 0 spiro atoms. The number of halogens is 1. The first-order valence-electron chi connectivity index (χ1n) is 6.21. The molecule has 0 saturated heterocycles. The van der Waals surface area contributed by atoms with Crippen LogP contribution in [0.2, 0.25) is 0 Å². The van der Waals surface area contributed by atoms with Crippen LogP contribution in [0.25, 0.3) is 0 Å². The quantitative estimate of drug-likeness (QED) is 0.845. The molecule has 18 heavy (non-hydrogen) atoms. The second-order valence-electron chi connectivity index (χ2n) is 4.81. The maximum absolute atomic E-state index is 12.1. The van der Waals surface area contributed by atoms with Gasteiger partial charge in [-0.3, -0.25) is 4.79 Å². The van der Waals surface area contributed by atoms with Crippen molar-refractivity contribution < 1.29 is 4.79 Å². The number of nitrogens with one attached hydrogen (secondary N) is 1. The van der Waals surface area contributed by atoms with Crippen LogP contribution < -0.4 is 5.32 Å². The fraction of sp³-hybridized carbons (Fsp3) is 0.538. The van der Waals surface area contributed by atoms with Crippen LogP contribution in [0.4, 0.5) is 5.13 Å². The highest BCUT2D eigenvalue weighted by atomic mass is 35.5. The van der Waals surface area contributed by atoms with Gasteiger partial charge < -0.3 is 5.32 Å². The number of allylic oxidation sites excluding steroid dienone is 2.